The summed E-state index contributed by atoms with van der Waals surface area (Å²) in [6.07, 6.45) is -2.00. The van der Waals surface area contributed by atoms with Gasteiger partial charge in [-0.2, -0.15) is 0 Å². The van der Waals surface area contributed by atoms with E-state index in [1.165, 1.54) is 0 Å². The van der Waals surface area contributed by atoms with Crippen LogP contribution in [0.5, 0.6) is 0 Å². The molecule has 1 fully saturated rings. The monoisotopic (exact) mass is 161 g/mol. The Balaban J connectivity index is 2.81. The number of aliphatic hydroxyl groups excluding tert-OH is 2. The molecule has 64 valence electrons. The van der Waals surface area contributed by atoms with E-state index in [4.69, 9.17) is 21.1 Å². The van der Waals surface area contributed by atoms with Gasteiger partial charge in [-0.25, -0.2) is 0 Å². The first kappa shape index (κ1) is 8.45. The van der Waals surface area contributed by atoms with Crippen molar-refractivity contribution in [1.29, 1.82) is 0 Å². The van der Waals surface area contributed by atoms with Gasteiger partial charge in [-0.1, -0.05) is 0 Å². The van der Waals surface area contributed by atoms with E-state index in [0.29, 0.717) is 0 Å². The molecular weight excluding hydrogens is 150 g/mol. The first-order valence-corrected chi connectivity index (χ1v) is 3.37. The molecule has 5 N–H and O–H groups in total. The van der Waals surface area contributed by atoms with Crippen molar-refractivity contribution in [2.45, 2.75) is 30.6 Å². The molecule has 0 aromatic heterocycles. The molecule has 0 bridgehead atoms. The second-order valence-corrected chi connectivity index (χ2v) is 2.90. The van der Waals surface area contributed by atoms with Crippen molar-refractivity contribution in [2.24, 2.45) is 5.73 Å². The van der Waals surface area contributed by atoms with Crippen molar-refractivity contribution in [3.63, 3.8) is 0 Å². The first-order chi connectivity index (χ1) is 4.98. The molecule has 0 spiro atoms. The fraction of sp³-hybridized carbons (Fsp3) is 0.833. The highest BCUT2D eigenvalue weighted by atomic mass is 16.4. The maximum Gasteiger partial charge on any atom is 0.326 e. The summed E-state index contributed by atoms with van der Waals surface area (Å²) in [5, 5.41) is 26.7. The van der Waals surface area contributed by atoms with E-state index in [-0.39, 0.29) is 12.8 Å². The molecule has 0 aromatic rings. The third kappa shape index (κ3) is 1.11. The third-order valence-electron chi connectivity index (χ3n) is 2.14. The van der Waals surface area contributed by atoms with E-state index in [1.807, 2.05) is 0 Å². The van der Waals surface area contributed by atoms with Crippen molar-refractivity contribution in [2.75, 3.05) is 0 Å². The lowest BCUT2D eigenvalue weighted by Crippen LogP contribution is -2.56. The molecule has 1 aliphatic rings. The first-order valence-electron chi connectivity index (χ1n) is 3.37. The molecule has 0 aliphatic heterocycles. The third-order valence-corrected chi connectivity index (χ3v) is 2.14. The molecule has 0 saturated heterocycles. The molecule has 0 heterocycles. The van der Waals surface area contributed by atoms with Gasteiger partial charge in [0, 0.05) is 0 Å². The lowest BCUT2D eigenvalue weighted by Gasteiger charge is -2.23. The molecule has 0 radical (unpaired) electrons. The standard InChI is InChI=1S/C6H11NO4/c7-6(5(10)11)2-1-3(8)4(6)9/h3-4,8-9H,1-2,7H2,(H,10,11)/t3-,4-,6+/m1/s1. The predicted molar refractivity (Wildman–Crippen MR) is 35.8 cm³/mol. The van der Waals surface area contributed by atoms with Crippen molar-refractivity contribution >= 4 is 5.97 Å². The van der Waals surface area contributed by atoms with Crippen LogP contribution in [0.3, 0.4) is 0 Å². The molecule has 5 heteroatoms. The molecule has 1 rings (SSSR count). The molecule has 3 atom stereocenters. The average Bonchev–Trinajstić information content (AvgIpc) is 2.18. The lowest BCUT2D eigenvalue weighted by atomic mass is 9.97. The summed E-state index contributed by atoms with van der Waals surface area (Å²) in [6.45, 7) is 0. The van der Waals surface area contributed by atoms with E-state index in [1.54, 1.807) is 0 Å². The minimum atomic E-state index is -1.65. The number of aliphatic hydroxyl groups is 2. The topological polar surface area (TPSA) is 104 Å². The van der Waals surface area contributed by atoms with E-state index in [9.17, 15) is 4.79 Å². The number of rotatable bonds is 1. The Labute approximate surface area is 63.4 Å². The SMILES string of the molecule is N[C@@]1(C(=O)O)CC[C@@H](O)[C@H]1O. The van der Waals surface area contributed by atoms with Crippen LogP contribution in [0, 0.1) is 0 Å². The van der Waals surface area contributed by atoms with Crippen LogP contribution in [0.4, 0.5) is 0 Å². The number of hydrogen-bond acceptors (Lipinski definition) is 4. The van der Waals surface area contributed by atoms with Crippen LogP contribution < -0.4 is 5.73 Å². The number of aliphatic carboxylic acids is 1. The van der Waals surface area contributed by atoms with Gasteiger partial charge in [0.1, 0.15) is 11.6 Å². The molecule has 1 aliphatic carbocycles. The van der Waals surface area contributed by atoms with E-state index >= 15 is 0 Å². The van der Waals surface area contributed by atoms with Crippen LogP contribution >= 0.6 is 0 Å². The second-order valence-electron chi connectivity index (χ2n) is 2.90. The summed E-state index contributed by atoms with van der Waals surface area (Å²) in [4.78, 5) is 10.5. The number of carbonyl (C=O) groups is 1. The van der Waals surface area contributed by atoms with Crippen LogP contribution in [-0.2, 0) is 4.79 Å². The summed E-state index contributed by atoms with van der Waals surface area (Å²) in [5.41, 5.74) is 3.67. The highest BCUT2D eigenvalue weighted by Crippen LogP contribution is 2.28. The molecule has 0 aromatic carbocycles. The summed E-state index contributed by atoms with van der Waals surface area (Å²) in [5.74, 6) is -1.26. The normalized spacial score (nSPS) is 44.3. The second kappa shape index (κ2) is 2.44. The zero-order valence-electron chi connectivity index (χ0n) is 5.90. The van der Waals surface area contributed by atoms with Crippen LogP contribution in [0.15, 0.2) is 0 Å². The number of hydrogen-bond donors (Lipinski definition) is 4. The van der Waals surface area contributed by atoms with Crippen molar-refractivity contribution in [3.05, 3.63) is 0 Å². The highest BCUT2D eigenvalue weighted by Gasteiger charge is 2.50. The largest absolute Gasteiger partial charge is 0.480 e. The minimum absolute atomic E-state index is 0.116. The molecule has 11 heavy (non-hydrogen) atoms. The van der Waals surface area contributed by atoms with Gasteiger partial charge in [-0.15, -0.1) is 0 Å². The number of carboxylic acids is 1. The summed E-state index contributed by atoms with van der Waals surface area (Å²) in [7, 11) is 0. The van der Waals surface area contributed by atoms with Crippen molar-refractivity contribution in [3.8, 4) is 0 Å². The van der Waals surface area contributed by atoms with Gasteiger partial charge in [0.15, 0.2) is 0 Å². The Morgan fingerprint density at radius 1 is 1.55 bits per heavy atom. The van der Waals surface area contributed by atoms with E-state index in [2.05, 4.69) is 0 Å². The predicted octanol–water partition coefficient (Wildman–Crippen LogP) is -1.72. The zero-order valence-corrected chi connectivity index (χ0v) is 5.90. The van der Waals surface area contributed by atoms with Gasteiger partial charge in [0.05, 0.1) is 6.10 Å². The van der Waals surface area contributed by atoms with Crippen LogP contribution in [0.1, 0.15) is 12.8 Å². The Hall–Kier alpha value is -0.650. The van der Waals surface area contributed by atoms with E-state index in [0.717, 1.165) is 0 Å². The molecule has 1 saturated carbocycles. The maximum absolute atomic E-state index is 10.5. The molecule has 0 unspecified atom stereocenters. The van der Waals surface area contributed by atoms with Gasteiger partial charge in [0.2, 0.25) is 0 Å². The van der Waals surface area contributed by atoms with Gasteiger partial charge in [0.25, 0.3) is 0 Å². The number of nitrogens with two attached hydrogens (primary N) is 1. The maximum atomic E-state index is 10.5. The van der Waals surface area contributed by atoms with Crippen molar-refractivity contribution < 1.29 is 20.1 Å². The summed E-state index contributed by atoms with van der Waals surface area (Å²) >= 11 is 0. The van der Waals surface area contributed by atoms with Crippen molar-refractivity contribution in [1.82, 2.24) is 0 Å². The number of carboxylic acid groups (broad SMARTS) is 1. The summed E-state index contributed by atoms with van der Waals surface area (Å²) in [6, 6.07) is 0. The Morgan fingerprint density at radius 3 is 2.27 bits per heavy atom. The Kier molecular flexibility index (Phi) is 1.87. The fourth-order valence-electron chi connectivity index (χ4n) is 1.27. The van der Waals surface area contributed by atoms with Gasteiger partial charge in [-0.3, -0.25) is 4.79 Å². The van der Waals surface area contributed by atoms with E-state index < -0.39 is 23.7 Å². The molecule has 5 nitrogen and oxygen atoms in total. The molecular formula is C6H11NO4. The Bertz CT molecular complexity index is 183. The van der Waals surface area contributed by atoms with Crippen LogP contribution in [0.25, 0.3) is 0 Å². The zero-order chi connectivity index (χ0) is 8.65. The van der Waals surface area contributed by atoms with Gasteiger partial charge < -0.3 is 21.1 Å². The summed E-state index contributed by atoms with van der Waals surface area (Å²) < 4.78 is 0. The lowest BCUT2D eigenvalue weighted by molar-refractivity contribution is -0.148. The highest BCUT2D eigenvalue weighted by molar-refractivity contribution is 5.80. The average molecular weight is 161 g/mol. The minimum Gasteiger partial charge on any atom is -0.480 e. The quantitative estimate of drug-likeness (QED) is 0.366. The smallest absolute Gasteiger partial charge is 0.326 e. The van der Waals surface area contributed by atoms with Crippen LogP contribution in [0.2, 0.25) is 0 Å². The van der Waals surface area contributed by atoms with Gasteiger partial charge >= 0.3 is 5.97 Å². The molecule has 0 amide bonds. The van der Waals surface area contributed by atoms with Gasteiger partial charge in [-0.05, 0) is 12.8 Å². The van der Waals surface area contributed by atoms with Crippen LogP contribution in [-0.4, -0.2) is 39.0 Å². The fourth-order valence-corrected chi connectivity index (χ4v) is 1.27. The Morgan fingerprint density at radius 2 is 2.09 bits per heavy atom.